The highest BCUT2D eigenvalue weighted by Crippen LogP contribution is 2.52. The Morgan fingerprint density at radius 3 is 2.13 bits per heavy atom. The maximum absolute atomic E-state index is 5.33. The minimum Gasteiger partial charge on any atom is -0.244 e. The first-order chi connectivity index (χ1) is 19.1. The highest BCUT2D eigenvalue weighted by molar-refractivity contribution is 6.10. The van der Waals surface area contributed by atoms with Crippen LogP contribution in [-0.4, -0.2) is 9.97 Å². The van der Waals surface area contributed by atoms with Crippen molar-refractivity contribution in [3.8, 4) is 33.6 Å². The van der Waals surface area contributed by atoms with Crippen LogP contribution in [0.15, 0.2) is 121 Å². The Labute approximate surface area is 227 Å². The van der Waals surface area contributed by atoms with Crippen molar-refractivity contribution in [3.63, 3.8) is 0 Å². The van der Waals surface area contributed by atoms with E-state index in [-0.39, 0.29) is 5.41 Å². The Hall–Kier alpha value is -4.82. The molecule has 0 bridgehead atoms. The summed E-state index contributed by atoms with van der Waals surface area (Å²) in [6, 6.07) is 43.2. The molecule has 6 aromatic carbocycles. The van der Waals surface area contributed by atoms with Crippen LogP contribution in [0.25, 0.3) is 66.2 Å². The van der Waals surface area contributed by atoms with Gasteiger partial charge in [0.05, 0.1) is 22.4 Å². The van der Waals surface area contributed by atoms with Gasteiger partial charge in [-0.05, 0) is 44.5 Å². The van der Waals surface area contributed by atoms with Gasteiger partial charge >= 0.3 is 0 Å². The van der Waals surface area contributed by atoms with E-state index < -0.39 is 0 Å². The minimum atomic E-state index is -0.0326. The van der Waals surface area contributed by atoms with E-state index in [1.54, 1.807) is 0 Å². The highest BCUT2D eigenvalue weighted by Gasteiger charge is 2.36. The van der Waals surface area contributed by atoms with E-state index in [4.69, 9.17) is 9.97 Å². The number of benzene rings is 6. The normalized spacial score (nSPS) is 13.6. The second kappa shape index (κ2) is 8.09. The van der Waals surface area contributed by atoms with Crippen LogP contribution >= 0.6 is 0 Å². The molecule has 0 saturated carbocycles. The van der Waals surface area contributed by atoms with Crippen molar-refractivity contribution in [3.05, 3.63) is 132 Å². The van der Waals surface area contributed by atoms with Gasteiger partial charge in [-0.15, -0.1) is 0 Å². The number of aromatic nitrogens is 2. The van der Waals surface area contributed by atoms with Gasteiger partial charge in [-0.25, -0.2) is 9.97 Å². The molecule has 2 heteroatoms. The third-order valence-electron chi connectivity index (χ3n) is 8.47. The number of rotatable bonds is 2. The van der Waals surface area contributed by atoms with Gasteiger partial charge in [-0.2, -0.15) is 0 Å². The maximum Gasteiger partial charge on any atom is 0.0979 e. The number of hydrogen-bond donors (Lipinski definition) is 0. The summed E-state index contributed by atoms with van der Waals surface area (Å²) in [5.41, 5.74) is 11.3. The molecule has 0 aliphatic heterocycles. The molecule has 0 amide bonds. The molecule has 39 heavy (non-hydrogen) atoms. The average molecular weight is 499 g/mol. The molecule has 0 radical (unpaired) electrons. The van der Waals surface area contributed by atoms with E-state index in [9.17, 15) is 0 Å². The summed E-state index contributed by atoms with van der Waals surface area (Å²) in [7, 11) is 0. The van der Waals surface area contributed by atoms with Gasteiger partial charge in [0.15, 0.2) is 0 Å². The van der Waals surface area contributed by atoms with Crippen molar-refractivity contribution in [1.29, 1.82) is 0 Å². The predicted molar refractivity (Wildman–Crippen MR) is 163 cm³/mol. The van der Waals surface area contributed by atoms with Crippen molar-refractivity contribution in [2.24, 2.45) is 0 Å². The molecular formula is C37H26N2. The molecule has 184 valence electrons. The first-order valence-corrected chi connectivity index (χ1v) is 13.5. The highest BCUT2D eigenvalue weighted by atomic mass is 14.8. The van der Waals surface area contributed by atoms with Crippen molar-refractivity contribution in [2.75, 3.05) is 0 Å². The van der Waals surface area contributed by atoms with E-state index >= 15 is 0 Å². The monoisotopic (exact) mass is 498 g/mol. The number of hydrogen-bond acceptors (Lipinski definition) is 2. The zero-order chi connectivity index (χ0) is 26.1. The molecule has 0 spiro atoms. The van der Waals surface area contributed by atoms with E-state index in [0.717, 1.165) is 38.9 Å². The molecule has 0 atom stereocenters. The second-order valence-electron chi connectivity index (χ2n) is 11.0. The summed E-state index contributed by atoms with van der Waals surface area (Å²) < 4.78 is 0. The summed E-state index contributed by atoms with van der Waals surface area (Å²) in [5.74, 6) is 0. The van der Waals surface area contributed by atoms with Crippen molar-refractivity contribution >= 4 is 32.6 Å². The predicted octanol–water partition coefficient (Wildman–Crippen LogP) is 9.58. The minimum absolute atomic E-state index is 0.0326. The van der Waals surface area contributed by atoms with E-state index in [2.05, 4.69) is 129 Å². The zero-order valence-electron chi connectivity index (χ0n) is 21.9. The molecule has 2 nitrogen and oxygen atoms in total. The molecule has 7 aromatic rings. The van der Waals surface area contributed by atoms with Crippen LogP contribution in [0.4, 0.5) is 0 Å². The maximum atomic E-state index is 5.33. The van der Waals surface area contributed by atoms with Gasteiger partial charge in [0.1, 0.15) is 0 Å². The molecule has 8 rings (SSSR count). The molecule has 1 aliphatic carbocycles. The van der Waals surface area contributed by atoms with Crippen molar-refractivity contribution in [1.82, 2.24) is 9.97 Å². The Morgan fingerprint density at radius 1 is 0.487 bits per heavy atom. The SMILES string of the molecule is CC1(C)c2ccccc2-c2c1ccc1c(-c3nc4ccc5ccccc5c4nc3-c3ccccc3)cccc21. The average Bonchev–Trinajstić information content (AvgIpc) is 3.23. The molecule has 0 unspecified atom stereocenters. The lowest BCUT2D eigenvalue weighted by molar-refractivity contribution is 0.661. The van der Waals surface area contributed by atoms with Crippen LogP contribution in [0.5, 0.6) is 0 Å². The van der Waals surface area contributed by atoms with E-state index in [0.29, 0.717) is 0 Å². The third-order valence-corrected chi connectivity index (χ3v) is 8.47. The summed E-state index contributed by atoms with van der Waals surface area (Å²) in [5, 5.41) is 4.77. The molecule has 0 saturated heterocycles. The summed E-state index contributed by atoms with van der Waals surface area (Å²) in [6.45, 7) is 4.67. The second-order valence-corrected chi connectivity index (χ2v) is 11.0. The van der Waals surface area contributed by atoms with Gasteiger partial charge in [0.25, 0.3) is 0 Å². The smallest absolute Gasteiger partial charge is 0.0979 e. The van der Waals surface area contributed by atoms with Gasteiger partial charge in [0.2, 0.25) is 0 Å². The Balaban J connectivity index is 1.47. The molecular weight excluding hydrogens is 472 g/mol. The largest absolute Gasteiger partial charge is 0.244 e. The quantitative estimate of drug-likeness (QED) is 0.222. The van der Waals surface area contributed by atoms with Crippen LogP contribution in [-0.2, 0) is 5.41 Å². The summed E-state index contributed by atoms with van der Waals surface area (Å²) in [4.78, 5) is 10.7. The first-order valence-electron chi connectivity index (χ1n) is 13.5. The molecule has 0 fully saturated rings. The molecule has 1 aromatic heterocycles. The Morgan fingerprint density at radius 2 is 1.23 bits per heavy atom. The van der Waals surface area contributed by atoms with Crippen LogP contribution in [0.2, 0.25) is 0 Å². The number of nitrogens with zero attached hydrogens (tertiary/aromatic N) is 2. The van der Waals surface area contributed by atoms with E-state index in [1.165, 1.54) is 38.4 Å². The topological polar surface area (TPSA) is 25.8 Å². The fraction of sp³-hybridized carbons (Fsp3) is 0.0811. The summed E-state index contributed by atoms with van der Waals surface area (Å²) >= 11 is 0. The van der Waals surface area contributed by atoms with Gasteiger partial charge in [0, 0.05) is 21.9 Å². The number of fused-ring (bicyclic) bond motifs is 8. The standard InChI is InChI=1S/C37H26N2/c1-37(2)30-18-9-8-15-29(30)33-27-16-10-17-28(26(27)20-21-31(33)37)36-34(24-12-4-3-5-13-24)39-35-25-14-7-6-11-23(25)19-22-32(35)38-36/h3-22H,1-2H3. The fourth-order valence-electron chi connectivity index (χ4n) is 6.54. The Bertz CT molecular complexity index is 2090. The van der Waals surface area contributed by atoms with Gasteiger partial charge in [-0.3, -0.25) is 0 Å². The molecule has 1 aliphatic rings. The summed E-state index contributed by atoms with van der Waals surface area (Å²) in [6.07, 6.45) is 0. The van der Waals surface area contributed by atoms with Gasteiger partial charge in [-0.1, -0.05) is 129 Å². The first kappa shape index (κ1) is 22.2. The van der Waals surface area contributed by atoms with Crippen LogP contribution in [0.1, 0.15) is 25.0 Å². The van der Waals surface area contributed by atoms with Crippen molar-refractivity contribution in [2.45, 2.75) is 19.3 Å². The molecule has 1 heterocycles. The molecule has 0 N–H and O–H groups in total. The zero-order valence-corrected chi connectivity index (χ0v) is 21.9. The fourth-order valence-corrected chi connectivity index (χ4v) is 6.54. The van der Waals surface area contributed by atoms with Gasteiger partial charge < -0.3 is 0 Å². The van der Waals surface area contributed by atoms with Crippen molar-refractivity contribution < 1.29 is 0 Å². The van der Waals surface area contributed by atoms with Crippen LogP contribution in [0, 0.1) is 0 Å². The van der Waals surface area contributed by atoms with E-state index in [1.807, 2.05) is 6.07 Å². The third kappa shape index (κ3) is 3.15. The van der Waals surface area contributed by atoms with Crippen LogP contribution in [0.3, 0.4) is 0 Å². The lowest BCUT2D eigenvalue weighted by Gasteiger charge is -2.21. The lowest BCUT2D eigenvalue weighted by atomic mass is 9.82. The lowest BCUT2D eigenvalue weighted by Crippen LogP contribution is -2.14. The Kier molecular flexibility index (Phi) is 4.60. The van der Waals surface area contributed by atoms with Crippen LogP contribution < -0.4 is 0 Å².